The second-order valence-corrected chi connectivity index (χ2v) is 8.08. The van der Waals surface area contributed by atoms with Gasteiger partial charge in [-0.3, -0.25) is 0 Å². The maximum absolute atomic E-state index is 13.3. The van der Waals surface area contributed by atoms with E-state index in [-0.39, 0.29) is 11.5 Å². The van der Waals surface area contributed by atoms with Crippen molar-refractivity contribution < 1.29 is 18.3 Å². The summed E-state index contributed by atoms with van der Waals surface area (Å²) < 4.78 is 31.9. The number of amides is 1. The van der Waals surface area contributed by atoms with Crippen LogP contribution in [0, 0.1) is 17.0 Å². The lowest BCUT2D eigenvalue weighted by molar-refractivity contribution is 0.0212. The summed E-state index contributed by atoms with van der Waals surface area (Å²) in [7, 11) is 0. The highest BCUT2D eigenvalue weighted by atomic mass is 19.1. The smallest absolute Gasteiger partial charge is 0.410 e. The molecule has 1 aliphatic heterocycles. The lowest BCUT2D eigenvalue weighted by atomic mass is 9.83. The molecule has 1 aliphatic rings. The van der Waals surface area contributed by atoms with Crippen LogP contribution in [0.2, 0.25) is 0 Å². The molecule has 0 unspecified atom stereocenters. The third kappa shape index (κ3) is 5.32. The van der Waals surface area contributed by atoms with E-state index < -0.39 is 17.2 Å². The quantitative estimate of drug-likeness (QED) is 0.748. The predicted molar refractivity (Wildman–Crippen MR) is 89.7 cm³/mol. The molecule has 0 aromatic heterocycles. The number of hydrogen-bond acceptors (Lipinski definition) is 2. The Bertz CT molecular complexity index is 632. The van der Waals surface area contributed by atoms with Crippen molar-refractivity contribution in [1.82, 2.24) is 4.90 Å². The third-order valence-electron chi connectivity index (χ3n) is 3.62. The van der Waals surface area contributed by atoms with Crippen molar-refractivity contribution in [3.8, 4) is 0 Å². The normalized spacial score (nSPS) is 15.1. The van der Waals surface area contributed by atoms with Gasteiger partial charge in [-0.15, -0.1) is 0 Å². The van der Waals surface area contributed by atoms with Gasteiger partial charge in [0.05, 0.1) is 0 Å². The highest BCUT2D eigenvalue weighted by Crippen LogP contribution is 2.29. The van der Waals surface area contributed by atoms with Crippen LogP contribution in [0.4, 0.5) is 13.6 Å². The Morgan fingerprint density at radius 1 is 1.12 bits per heavy atom. The minimum absolute atomic E-state index is 0.254. The molecule has 132 valence electrons. The number of ether oxygens (including phenoxy) is 1. The van der Waals surface area contributed by atoms with E-state index in [0.29, 0.717) is 25.1 Å². The maximum atomic E-state index is 13.3. The summed E-state index contributed by atoms with van der Waals surface area (Å²) in [6.07, 6.45) is 2.29. The molecule has 0 radical (unpaired) electrons. The SMILES string of the molecule is CC(C)(C=C1CN(C(=O)OC(C)(C)C)C1)Cc1cc(F)cc(F)c1. The summed E-state index contributed by atoms with van der Waals surface area (Å²) in [4.78, 5) is 13.5. The first-order valence-corrected chi connectivity index (χ1v) is 8.07. The molecule has 0 atom stereocenters. The molecule has 3 nitrogen and oxygen atoms in total. The fourth-order valence-electron chi connectivity index (χ4n) is 2.83. The summed E-state index contributed by atoms with van der Waals surface area (Å²) in [5, 5.41) is 0. The van der Waals surface area contributed by atoms with Gasteiger partial charge in [0.2, 0.25) is 0 Å². The van der Waals surface area contributed by atoms with Crippen LogP contribution in [-0.4, -0.2) is 29.7 Å². The van der Waals surface area contributed by atoms with Gasteiger partial charge in [-0.2, -0.15) is 0 Å². The number of benzene rings is 1. The summed E-state index contributed by atoms with van der Waals surface area (Å²) in [6.45, 7) is 10.6. The molecular weight excluding hydrogens is 312 g/mol. The molecule has 0 aliphatic carbocycles. The summed E-state index contributed by atoms with van der Waals surface area (Å²) in [5.74, 6) is -1.12. The minimum atomic E-state index is -0.562. The Hall–Kier alpha value is -1.91. The van der Waals surface area contributed by atoms with Crippen molar-refractivity contribution in [2.75, 3.05) is 13.1 Å². The summed E-state index contributed by atoms with van der Waals surface area (Å²) in [6, 6.07) is 3.59. The van der Waals surface area contributed by atoms with E-state index in [9.17, 15) is 13.6 Å². The Balaban J connectivity index is 1.95. The molecule has 0 bridgehead atoms. The molecule has 5 heteroatoms. The van der Waals surface area contributed by atoms with Gasteiger partial charge in [-0.1, -0.05) is 19.9 Å². The predicted octanol–water partition coefficient (Wildman–Crippen LogP) is 4.71. The number of likely N-dealkylation sites (tertiary alicyclic amines) is 1. The number of nitrogens with zero attached hydrogens (tertiary/aromatic N) is 1. The third-order valence-corrected chi connectivity index (χ3v) is 3.62. The highest BCUT2D eigenvalue weighted by molar-refractivity contribution is 5.70. The number of carbonyl (C=O) groups excluding carboxylic acids is 1. The molecule has 1 saturated heterocycles. The summed E-state index contributed by atoms with van der Waals surface area (Å²) in [5.41, 5.74) is 0.993. The second-order valence-electron chi connectivity index (χ2n) is 8.08. The lowest BCUT2D eigenvalue weighted by Crippen LogP contribution is -2.47. The number of carbonyl (C=O) groups is 1. The first kappa shape index (κ1) is 18.4. The fourth-order valence-corrected chi connectivity index (χ4v) is 2.83. The standard InChI is InChI=1S/C19H25F2NO2/c1-18(2,3)24-17(23)22-11-14(12-22)10-19(4,5)9-13-6-15(20)8-16(21)7-13/h6-8,10H,9,11-12H2,1-5H3. The van der Waals surface area contributed by atoms with E-state index in [2.05, 4.69) is 6.08 Å². The molecule has 1 fully saturated rings. The fraction of sp³-hybridized carbons (Fsp3) is 0.526. The van der Waals surface area contributed by atoms with Crippen LogP contribution >= 0.6 is 0 Å². The van der Waals surface area contributed by atoms with Crippen molar-refractivity contribution >= 4 is 6.09 Å². The summed E-state index contributed by atoms with van der Waals surface area (Å²) >= 11 is 0. The number of allylic oxidation sites excluding steroid dienone is 1. The average Bonchev–Trinajstić information content (AvgIpc) is 2.28. The Labute approximate surface area is 142 Å². The van der Waals surface area contributed by atoms with Gasteiger partial charge in [0.1, 0.15) is 17.2 Å². The molecule has 1 amide bonds. The van der Waals surface area contributed by atoms with Gasteiger partial charge in [0.15, 0.2) is 0 Å². The number of halogens is 2. The maximum Gasteiger partial charge on any atom is 0.410 e. The molecule has 1 aromatic rings. The first-order chi connectivity index (χ1) is 10.9. The van der Waals surface area contributed by atoms with Crippen molar-refractivity contribution in [2.24, 2.45) is 5.41 Å². The van der Waals surface area contributed by atoms with Crippen molar-refractivity contribution in [2.45, 2.75) is 46.6 Å². The van der Waals surface area contributed by atoms with E-state index >= 15 is 0 Å². The minimum Gasteiger partial charge on any atom is -0.444 e. The van der Waals surface area contributed by atoms with Crippen molar-refractivity contribution in [3.63, 3.8) is 0 Å². The monoisotopic (exact) mass is 337 g/mol. The van der Waals surface area contributed by atoms with E-state index in [1.807, 2.05) is 34.6 Å². The van der Waals surface area contributed by atoms with Crippen LogP contribution in [0.1, 0.15) is 40.2 Å². The first-order valence-electron chi connectivity index (χ1n) is 8.07. The highest BCUT2D eigenvalue weighted by Gasteiger charge is 2.31. The zero-order chi connectivity index (χ0) is 18.1. The Kier molecular flexibility index (Phi) is 5.02. The molecule has 2 rings (SSSR count). The molecule has 24 heavy (non-hydrogen) atoms. The largest absolute Gasteiger partial charge is 0.444 e. The lowest BCUT2D eigenvalue weighted by Gasteiger charge is -2.37. The molecule has 1 aromatic carbocycles. The van der Waals surface area contributed by atoms with Crippen LogP contribution in [0.5, 0.6) is 0 Å². The van der Waals surface area contributed by atoms with Crippen LogP contribution in [0.15, 0.2) is 29.8 Å². The molecular formula is C19H25F2NO2. The second kappa shape index (κ2) is 6.54. The zero-order valence-corrected chi connectivity index (χ0v) is 15.0. The Morgan fingerprint density at radius 2 is 1.67 bits per heavy atom. The average molecular weight is 337 g/mol. The molecule has 0 spiro atoms. The van der Waals surface area contributed by atoms with Gasteiger partial charge >= 0.3 is 6.09 Å². The van der Waals surface area contributed by atoms with Crippen molar-refractivity contribution in [3.05, 3.63) is 47.0 Å². The van der Waals surface area contributed by atoms with Crippen molar-refractivity contribution in [1.29, 1.82) is 0 Å². The van der Waals surface area contributed by atoms with Gasteiger partial charge in [0.25, 0.3) is 0 Å². The van der Waals surface area contributed by atoms with Gasteiger partial charge in [-0.25, -0.2) is 13.6 Å². The zero-order valence-electron chi connectivity index (χ0n) is 15.0. The van der Waals surface area contributed by atoms with Gasteiger partial charge in [0, 0.05) is 19.2 Å². The number of hydrogen-bond donors (Lipinski definition) is 0. The molecule has 0 saturated carbocycles. The number of rotatable bonds is 3. The van der Waals surface area contributed by atoms with Gasteiger partial charge in [-0.05, 0) is 55.9 Å². The van der Waals surface area contributed by atoms with Crippen LogP contribution in [-0.2, 0) is 11.2 Å². The van der Waals surface area contributed by atoms with E-state index in [4.69, 9.17) is 4.74 Å². The topological polar surface area (TPSA) is 29.5 Å². The van der Waals surface area contributed by atoms with E-state index in [1.54, 1.807) is 4.90 Å². The molecule has 0 N–H and O–H groups in total. The van der Waals surface area contributed by atoms with Crippen LogP contribution in [0.25, 0.3) is 0 Å². The van der Waals surface area contributed by atoms with Crippen LogP contribution in [0.3, 0.4) is 0 Å². The van der Waals surface area contributed by atoms with Crippen LogP contribution < -0.4 is 0 Å². The van der Waals surface area contributed by atoms with E-state index in [0.717, 1.165) is 11.6 Å². The Morgan fingerprint density at radius 3 is 2.17 bits per heavy atom. The van der Waals surface area contributed by atoms with Gasteiger partial charge < -0.3 is 9.64 Å². The van der Waals surface area contributed by atoms with E-state index in [1.165, 1.54) is 12.1 Å². The molecule has 1 heterocycles.